The van der Waals surface area contributed by atoms with E-state index in [-0.39, 0.29) is 11.6 Å². The SMILES string of the molecule is COc1ccc2[nH]cc(CCN)c2c1F. The second-order valence-corrected chi connectivity index (χ2v) is 3.36. The van der Waals surface area contributed by atoms with E-state index in [1.165, 1.54) is 7.11 Å². The van der Waals surface area contributed by atoms with Gasteiger partial charge in [0, 0.05) is 17.1 Å². The summed E-state index contributed by atoms with van der Waals surface area (Å²) >= 11 is 0. The summed E-state index contributed by atoms with van der Waals surface area (Å²) in [7, 11) is 1.46. The molecule has 80 valence electrons. The van der Waals surface area contributed by atoms with Crippen molar-refractivity contribution >= 4 is 10.9 Å². The van der Waals surface area contributed by atoms with Gasteiger partial charge in [-0.05, 0) is 30.7 Å². The van der Waals surface area contributed by atoms with E-state index in [1.54, 1.807) is 18.3 Å². The van der Waals surface area contributed by atoms with E-state index in [2.05, 4.69) is 4.98 Å². The van der Waals surface area contributed by atoms with Crippen LogP contribution in [0.1, 0.15) is 5.56 Å². The maximum Gasteiger partial charge on any atom is 0.174 e. The topological polar surface area (TPSA) is 51.0 Å². The van der Waals surface area contributed by atoms with Gasteiger partial charge in [0.2, 0.25) is 0 Å². The van der Waals surface area contributed by atoms with Gasteiger partial charge in [0.05, 0.1) is 7.11 Å². The molecule has 0 bridgehead atoms. The van der Waals surface area contributed by atoms with Gasteiger partial charge in [-0.25, -0.2) is 4.39 Å². The molecule has 1 aromatic heterocycles. The molecule has 0 fully saturated rings. The van der Waals surface area contributed by atoms with Crippen LogP contribution in [-0.4, -0.2) is 18.6 Å². The number of benzene rings is 1. The summed E-state index contributed by atoms with van der Waals surface area (Å²) in [5.41, 5.74) is 7.13. The first-order chi connectivity index (χ1) is 7.27. The molecule has 4 heteroatoms. The number of hydrogen-bond acceptors (Lipinski definition) is 2. The molecule has 0 spiro atoms. The molecular formula is C11H13FN2O. The van der Waals surface area contributed by atoms with E-state index in [9.17, 15) is 4.39 Å². The molecule has 0 aliphatic heterocycles. The first kappa shape index (κ1) is 9.98. The zero-order chi connectivity index (χ0) is 10.8. The standard InChI is InChI=1S/C11H13FN2O/c1-15-9-3-2-8-10(11(9)12)7(4-5-13)6-14-8/h2-3,6,14H,4-5,13H2,1H3. The molecule has 1 heterocycles. The summed E-state index contributed by atoms with van der Waals surface area (Å²) in [6.07, 6.45) is 2.45. The van der Waals surface area contributed by atoms with Gasteiger partial charge in [-0.2, -0.15) is 0 Å². The number of H-pyrrole nitrogens is 1. The third-order valence-electron chi connectivity index (χ3n) is 2.46. The van der Waals surface area contributed by atoms with Gasteiger partial charge in [0.1, 0.15) is 0 Å². The largest absolute Gasteiger partial charge is 0.494 e. The monoisotopic (exact) mass is 208 g/mol. The van der Waals surface area contributed by atoms with Gasteiger partial charge in [-0.1, -0.05) is 0 Å². The molecular weight excluding hydrogens is 195 g/mol. The third-order valence-corrected chi connectivity index (χ3v) is 2.46. The van der Waals surface area contributed by atoms with Crippen LogP contribution in [-0.2, 0) is 6.42 Å². The van der Waals surface area contributed by atoms with E-state index >= 15 is 0 Å². The Hall–Kier alpha value is -1.55. The maximum absolute atomic E-state index is 13.9. The number of halogens is 1. The van der Waals surface area contributed by atoms with Crippen LogP contribution in [0.25, 0.3) is 10.9 Å². The van der Waals surface area contributed by atoms with Crippen molar-refractivity contribution in [3.63, 3.8) is 0 Å². The second kappa shape index (κ2) is 3.90. The van der Waals surface area contributed by atoms with Gasteiger partial charge in [0.25, 0.3) is 0 Å². The van der Waals surface area contributed by atoms with Crippen molar-refractivity contribution in [1.82, 2.24) is 4.98 Å². The Morgan fingerprint density at radius 2 is 2.27 bits per heavy atom. The molecule has 1 aromatic carbocycles. The van der Waals surface area contributed by atoms with Crippen molar-refractivity contribution in [2.75, 3.05) is 13.7 Å². The molecule has 2 aromatic rings. The zero-order valence-electron chi connectivity index (χ0n) is 8.51. The van der Waals surface area contributed by atoms with Crippen molar-refractivity contribution in [3.05, 3.63) is 29.7 Å². The highest BCUT2D eigenvalue weighted by atomic mass is 19.1. The van der Waals surface area contributed by atoms with Crippen molar-refractivity contribution in [3.8, 4) is 5.75 Å². The number of fused-ring (bicyclic) bond motifs is 1. The highest BCUT2D eigenvalue weighted by Gasteiger charge is 2.12. The lowest BCUT2D eigenvalue weighted by atomic mass is 10.1. The van der Waals surface area contributed by atoms with Crippen LogP contribution in [0.4, 0.5) is 4.39 Å². The summed E-state index contributed by atoms with van der Waals surface area (Å²) in [6.45, 7) is 0.504. The average molecular weight is 208 g/mol. The Kier molecular flexibility index (Phi) is 2.60. The molecule has 0 aliphatic rings. The number of nitrogens with two attached hydrogens (primary N) is 1. The number of hydrogen-bond donors (Lipinski definition) is 2. The van der Waals surface area contributed by atoms with Crippen LogP contribution in [0.5, 0.6) is 5.75 Å². The number of aromatic nitrogens is 1. The van der Waals surface area contributed by atoms with E-state index < -0.39 is 0 Å². The van der Waals surface area contributed by atoms with Gasteiger partial charge >= 0.3 is 0 Å². The fraction of sp³-hybridized carbons (Fsp3) is 0.273. The smallest absolute Gasteiger partial charge is 0.174 e. The maximum atomic E-state index is 13.9. The highest BCUT2D eigenvalue weighted by molar-refractivity contribution is 5.85. The molecule has 3 nitrogen and oxygen atoms in total. The predicted octanol–water partition coefficient (Wildman–Crippen LogP) is 1.82. The molecule has 0 saturated heterocycles. The number of nitrogens with one attached hydrogen (secondary N) is 1. The first-order valence-electron chi connectivity index (χ1n) is 4.80. The van der Waals surface area contributed by atoms with E-state index in [0.717, 1.165) is 11.1 Å². The second-order valence-electron chi connectivity index (χ2n) is 3.36. The summed E-state index contributed by atoms with van der Waals surface area (Å²) < 4.78 is 18.8. The van der Waals surface area contributed by atoms with Crippen LogP contribution < -0.4 is 10.5 Å². The number of methoxy groups -OCH3 is 1. The van der Waals surface area contributed by atoms with Gasteiger partial charge in [-0.3, -0.25) is 0 Å². The molecule has 3 N–H and O–H groups in total. The van der Waals surface area contributed by atoms with Gasteiger partial charge in [-0.15, -0.1) is 0 Å². The van der Waals surface area contributed by atoms with Crippen LogP contribution in [0.2, 0.25) is 0 Å². The minimum atomic E-state index is -0.320. The Morgan fingerprint density at radius 3 is 2.93 bits per heavy atom. The molecule has 0 radical (unpaired) electrons. The predicted molar refractivity (Wildman–Crippen MR) is 57.6 cm³/mol. The van der Waals surface area contributed by atoms with Crippen molar-refractivity contribution in [2.45, 2.75) is 6.42 Å². The number of aromatic amines is 1. The quantitative estimate of drug-likeness (QED) is 0.808. The molecule has 0 saturated carbocycles. The summed E-state index contributed by atoms with van der Waals surface area (Å²) in [5.74, 6) is -0.0555. The molecule has 0 aliphatic carbocycles. The fourth-order valence-corrected chi connectivity index (χ4v) is 1.74. The minimum absolute atomic E-state index is 0.264. The molecule has 0 amide bonds. The average Bonchev–Trinajstić information content (AvgIpc) is 2.64. The number of rotatable bonds is 3. The molecule has 2 rings (SSSR count). The van der Waals surface area contributed by atoms with E-state index in [4.69, 9.17) is 10.5 Å². The lowest BCUT2D eigenvalue weighted by molar-refractivity contribution is 0.389. The van der Waals surface area contributed by atoms with Crippen LogP contribution in [0, 0.1) is 5.82 Å². The van der Waals surface area contributed by atoms with Crippen LogP contribution in [0.15, 0.2) is 18.3 Å². The molecule has 0 unspecified atom stereocenters. The van der Waals surface area contributed by atoms with Crippen LogP contribution >= 0.6 is 0 Å². The van der Waals surface area contributed by atoms with Gasteiger partial charge in [0.15, 0.2) is 11.6 Å². The Bertz CT molecular complexity index is 479. The van der Waals surface area contributed by atoms with E-state index in [0.29, 0.717) is 18.4 Å². The minimum Gasteiger partial charge on any atom is -0.494 e. The van der Waals surface area contributed by atoms with Crippen molar-refractivity contribution in [1.29, 1.82) is 0 Å². The van der Waals surface area contributed by atoms with Crippen molar-refractivity contribution in [2.24, 2.45) is 5.73 Å². The molecule has 0 atom stereocenters. The number of ether oxygens (including phenoxy) is 1. The van der Waals surface area contributed by atoms with Crippen LogP contribution in [0.3, 0.4) is 0 Å². The third kappa shape index (κ3) is 1.57. The summed E-state index contributed by atoms with van der Waals surface area (Å²) in [6, 6.07) is 3.41. The highest BCUT2D eigenvalue weighted by Crippen LogP contribution is 2.28. The van der Waals surface area contributed by atoms with Crippen molar-refractivity contribution < 1.29 is 9.13 Å². The zero-order valence-corrected chi connectivity index (χ0v) is 8.51. The molecule has 15 heavy (non-hydrogen) atoms. The normalized spacial score (nSPS) is 10.9. The first-order valence-corrected chi connectivity index (χ1v) is 4.80. The lowest BCUT2D eigenvalue weighted by Crippen LogP contribution is -2.02. The Morgan fingerprint density at radius 1 is 1.47 bits per heavy atom. The Labute approximate surface area is 87.0 Å². The lowest BCUT2D eigenvalue weighted by Gasteiger charge is -2.03. The Balaban J connectivity index is 2.65. The van der Waals surface area contributed by atoms with E-state index in [1.807, 2.05) is 0 Å². The summed E-state index contributed by atoms with van der Waals surface area (Å²) in [5, 5.41) is 0.583. The van der Waals surface area contributed by atoms with Gasteiger partial charge < -0.3 is 15.5 Å². The fourth-order valence-electron chi connectivity index (χ4n) is 1.74. The summed E-state index contributed by atoms with van der Waals surface area (Å²) in [4.78, 5) is 3.01.